The normalized spacial score (nSPS) is 22.2. The Morgan fingerprint density at radius 3 is 2.30 bits per heavy atom. The Morgan fingerprint density at radius 2 is 1.72 bits per heavy atom. The monoisotopic (exact) mass is 590 g/mol. The van der Waals surface area contributed by atoms with Crippen LogP contribution in [0, 0.1) is 17.2 Å². The van der Waals surface area contributed by atoms with Crippen LogP contribution in [0.5, 0.6) is 0 Å². The van der Waals surface area contributed by atoms with Crippen LogP contribution in [0.1, 0.15) is 66.7 Å². The van der Waals surface area contributed by atoms with Gasteiger partial charge in [-0.25, -0.2) is 4.99 Å². The topological polar surface area (TPSA) is 106 Å². The molecule has 1 amide bonds. The number of carboxylic acid groups (broad SMARTS) is 1. The number of amides is 1. The van der Waals surface area contributed by atoms with Gasteiger partial charge in [-0.1, -0.05) is 36.4 Å². The first kappa shape index (κ1) is 30.1. The summed E-state index contributed by atoms with van der Waals surface area (Å²) in [5.74, 6) is -1.04. The molecule has 0 radical (unpaired) electrons. The van der Waals surface area contributed by atoms with Crippen molar-refractivity contribution >= 4 is 17.6 Å². The maximum absolute atomic E-state index is 13.8. The van der Waals surface area contributed by atoms with E-state index in [-0.39, 0.29) is 29.9 Å². The average Bonchev–Trinajstić information content (AvgIpc) is 3.20. The first-order chi connectivity index (χ1) is 20.6. The number of allylic oxidation sites excluding steroid dienone is 3. The van der Waals surface area contributed by atoms with Crippen LogP contribution in [-0.4, -0.2) is 52.9 Å². The van der Waals surface area contributed by atoms with Crippen LogP contribution in [0.15, 0.2) is 77.1 Å². The molecular formula is C33H33F3N4O3. The molecule has 2 aromatic rings. The molecule has 224 valence electrons. The first-order valence-electron chi connectivity index (χ1n) is 14.6. The van der Waals surface area contributed by atoms with Crippen molar-refractivity contribution in [3.8, 4) is 6.07 Å². The summed E-state index contributed by atoms with van der Waals surface area (Å²) in [7, 11) is 0. The van der Waals surface area contributed by atoms with E-state index in [9.17, 15) is 27.9 Å². The predicted molar refractivity (Wildman–Crippen MR) is 155 cm³/mol. The highest BCUT2D eigenvalue weighted by Crippen LogP contribution is 2.37. The number of aliphatic carboxylic acids is 1. The minimum atomic E-state index is -4.62. The molecule has 43 heavy (non-hydrogen) atoms. The molecule has 3 aliphatic rings. The molecule has 1 saturated carbocycles. The Balaban J connectivity index is 1.27. The van der Waals surface area contributed by atoms with Crippen LogP contribution in [0.3, 0.4) is 0 Å². The third-order valence-electron chi connectivity index (χ3n) is 8.58. The van der Waals surface area contributed by atoms with Gasteiger partial charge in [0.05, 0.1) is 23.3 Å². The molecule has 0 unspecified atom stereocenters. The van der Waals surface area contributed by atoms with Crippen molar-refractivity contribution in [3.05, 3.63) is 94.3 Å². The van der Waals surface area contributed by atoms with Gasteiger partial charge in [-0.2, -0.15) is 18.4 Å². The molecule has 0 bridgehead atoms. The van der Waals surface area contributed by atoms with Crippen molar-refractivity contribution in [3.63, 3.8) is 0 Å². The van der Waals surface area contributed by atoms with Crippen molar-refractivity contribution in [2.75, 3.05) is 13.1 Å². The molecule has 2 aliphatic heterocycles. The number of hydrogen-bond donors (Lipinski definition) is 2. The summed E-state index contributed by atoms with van der Waals surface area (Å²) in [6.07, 6.45) is 2.05. The molecule has 1 aliphatic carbocycles. The van der Waals surface area contributed by atoms with Crippen molar-refractivity contribution < 1.29 is 27.9 Å². The van der Waals surface area contributed by atoms with Gasteiger partial charge in [-0.3, -0.25) is 9.59 Å². The lowest BCUT2D eigenvalue weighted by Gasteiger charge is -2.43. The summed E-state index contributed by atoms with van der Waals surface area (Å²) in [5.41, 5.74) is 2.96. The molecule has 0 spiro atoms. The Hall–Kier alpha value is -4.39. The van der Waals surface area contributed by atoms with Gasteiger partial charge in [-0.05, 0) is 79.9 Å². The van der Waals surface area contributed by atoms with Crippen molar-refractivity contribution in [2.24, 2.45) is 10.9 Å². The summed E-state index contributed by atoms with van der Waals surface area (Å²) >= 11 is 0. The van der Waals surface area contributed by atoms with Crippen LogP contribution in [0.2, 0.25) is 0 Å². The maximum atomic E-state index is 13.8. The number of nitriles is 1. The first-order valence-corrected chi connectivity index (χ1v) is 14.6. The number of carboxylic acids is 1. The minimum Gasteiger partial charge on any atom is -0.481 e. The van der Waals surface area contributed by atoms with Crippen molar-refractivity contribution in [1.82, 2.24) is 10.2 Å². The van der Waals surface area contributed by atoms with Crippen LogP contribution >= 0.6 is 0 Å². The van der Waals surface area contributed by atoms with E-state index in [2.05, 4.69) is 16.4 Å². The highest BCUT2D eigenvalue weighted by molar-refractivity contribution is 6.10. The molecule has 2 N–H and O–H groups in total. The SMILES string of the molecule is N#Cc1ccc(CCNC(=O)[C@@H]2CCN2C2=CC(c3ccc(C4CCC(C(=O)O)CC4)cc3)=NC(C(F)(F)F)=CC2)cc1. The standard InChI is InChI=1S/C33H33F3N4O3/c34-33(35,36)30-14-13-27(40-18-16-29(40)31(41)38-17-15-21-1-3-22(20-37)4-2-21)19-28(39-30)25-9-5-23(6-10-25)24-7-11-26(12-8-24)32(42)43/h1-6,9-10,14,19,24,26,29H,7-8,11-13,15-18H2,(H,38,41)(H,42,43)/t24?,26?,29-/m0/s1. The molecule has 0 aromatic heterocycles. The number of aliphatic imine (C=N–C) groups is 1. The van der Waals surface area contributed by atoms with Gasteiger partial charge in [0, 0.05) is 30.8 Å². The largest absolute Gasteiger partial charge is 0.481 e. The molecule has 5 rings (SSSR count). The predicted octanol–water partition coefficient (Wildman–Crippen LogP) is 5.87. The summed E-state index contributed by atoms with van der Waals surface area (Å²) in [4.78, 5) is 30.1. The lowest BCUT2D eigenvalue weighted by molar-refractivity contribution is -0.142. The number of rotatable bonds is 8. The zero-order valence-electron chi connectivity index (χ0n) is 23.6. The fourth-order valence-corrected chi connectivity index (χ4v) is 5.95. The number of nitrogens with one attached hydrogen (secondary N) is 1. The molecule has 2 heterocycles. The van der Waals surface area contributed by atoms with Gasteiger partial charge < -0.3 is 15.3 Å². The highest BCUT2D eigenvalue weighted by Gasteiger charge is 2.38. The Labute approximate surface area is 248 Å². The minimum absolute atomic E-state index is 0.00175. The summed E-state index contributed by atoms with van der Waals surface area (Å²) in [6.45, 7) is 0.962. The van der Waals surface area contributed by atoms with E-state index in [1.807, 2.05) is 29.2 Å². The van der Waals surface area contributed by atoms with Crippen LogP contribution < -0.4 is 5.32 Å². The quantitative estimate of drug-likeness (QED) is 0.400. The lowest BCUT2D eigenvalue weighted by atomic mass is 9.78. The second-order valence-electron chi connectivity index (χ2n) is 11.3. The van der Waals surface area contributed by atoms with Gasteiger partial charge >= 0.3 is 12.1 Å². The fraction of sp³-hybridized carbons (Fsp3) is 0.394. The molecule has 10 heteroatoms. The zero-order valence-corrected chi connectivity index (χ0v) is 23.6. The van der Waals surface area contributed by atoms with E-state index >= 15 is 0 Å². The average molecular weight is 591 g/mol. The van der Waals surface area contributed by atoms with Crippen LogP contribution in [-0.2, 0) is 16.0 Å². The number of alkyl halides is 3. The third kappa shape index (κ3) is 7.16. The molecule has 1 saturated heterocycles. The van der Waals surface area contributed by atoms with Crippen LogP contribution in [0.4, 0.5) is 13.2 Å². The van der Waals surface area contributed by atoms with Gasteiger partial charge in [0.2, 0.25) is 5.91 Å². The van der Waals surface area contributed by atoms with Crippen LogP contribution in [0.25, 0.3) is 0 Å². The molecule has 2 fully saturated rings. The van der Waals surface area contributed by atoms with E-state index in [1.54, 1.807) is 30.3 Å². The van der Waals surface area contributed by atoms with Gasteiger partial charge in [-0.15, -0.1) is 0 Å². The maximum Gasteiger partial charge on any atom is 0.433 e. The second kappa shape index (κ2) is 12.9. The van der Waals surface area contributed by atoms with E-state index in [0.29, 0.717) is 55.6 Å². The smallest absolute Gasteiger partial charge is 0.433 e. The van der Waals surface area contributed by atoms with Crippen molar-refractivity contribution in [2.45, 2.75) is 63.1 Å². The third-order valence-corrected chi connectivity index (χ3v) is 8.58. The Morgan fingerprint density at radius 1 is 1.02 bits per heavy atom. The van der Waals surface area contributed by atoms with E-state index in [4.69, 9.17) is 5.26 Å². The number of likely N-dealkylation sites (tertiary alicyclic amines) is 1. The second-order valence-corrected chi connectivity index (χ2v) is 11.3. The van der Waals surface area contributed by atoms with E-state index in [1.165, 1.54) is 0 Å². The number of halogens is 3. The number of nitrogens with zero attached hydrogens (tertiary/aromatic N) is 3. The summed E-state index contributed by atoms with van der Waals surface area (Å²) in [6, 6.07) is 16.1. The number of carbonyl (C=O) groups excluding carboxylic acids is 1. The number of benzene rings is 2. The zero-order chi connectivity index (χ0) is 30.6. The fourth-order valence-electron chi connectivity index (χ4n) is 5.95. The van der Waals surface area contributed by atoms with E-state index in [0.717, 1.165) is 30.0 Å². The van der Waals surface area contributed by atoms with Gasteiger partial charge in [0.1, 0.15) is 11.7 Å². The molecular weight excluding hydrogens is 557 g/mol. The number of carbonyl (C=O) groups is 2. The molecule has 2 aromatic carbocycles. The van der Waals surface area contributed by atoms with Crippen molar-refractivity contribution in [1.29, 1.82) is 5.26 Å². The van der Waals surface area contributed by atoms with Gasteiger partial charge in [0.25, 0.3) is 0 Å². The molecule has 7 nitrogen and oxygen atoms in total. The van der Waals surface area contributed by atoms with E-state index < -0.39 is 23.9 Å². The summed E-state index contributed by atoms with van der Waals surface area (Å²) < 4.78 is 41.5. The Kier molecular flexibility index (Phi) is 9.00. The molecule has 1 atom stereocenters. The number of hydrogen-bond acceptors (Lipinski definition) is 5. The summed E-state index contributed by atoms with van der Waals surface area (Å²) in [5, 5.41) is 21.1. The Bertz CT molecular complexity index is 1480. The highest BCUT2D eigenvalue weighted by atomic mass is 19.4. The van der Waals surface area contributed by atoms with Gasteiger partial charge in [0.15, 0.2) is 0 Å². The lowest BCUT2D eigenvalue weighted by Crippen LogP contribution is -2.55.